The van der Waals surface area contributed by atoms with Gasteiger partial charge in [0.2, 0.25) is 0 Å². The number of nitrogens with one attached hydrogen (secondary N) is 1. The number of hydrogen-bond acceptors (Lipinski definition) is 5. The second-order valence-corrected chi connectivity index (χ2v) is 6.63. The van der Waals surface area contributed by atoms with Crippen LogP contribution < -0.4 is 14.8 Å². The van der Waals surface area contributed by atoms with Gasteiger partial charge in [0, 0.05) is 18.0 Å². The van der Waals surface area contributed by atoms with E-state index < -0.39 is 0 Å². The standard InChI is InChI=1S/C16H18N2O2S/c1-2-6-14-13(5-1)19-10-11(20-14)8-17-9-16-18-12-4-3-7-15(12)21-16/h1-2,5-6,11,17H,3-4,7-10H2. The van der Waals surface area contributed by atoms with Gasteiger partial charge >= 0.3 is 0 Å². The highest BCUT2D eigenvalue weighted by Crippen LogP contribution is 2.31. The highest BCUT2D eigenvalue weighted by atomic mass is 32.1. The molecule has 21 heavy (non-hydrogen) atoms. The Balaban J connectivity index is 1.29. The molecule has 4 rings (SSSR count). The number of thiazole rings is 1. The molecule has 0 bridgehead atoms. The Labute approximate surface area is 128 Å². The summed E-state index contributed by atoms with van der Waals surface area (Å²) in [6.07, 6.45) is 3.70. The second-order valence-electron chi connectivity index (χ2n) is 5.46. The Kier molecular flexibility index (Phi) is 3.53. The molecule has 1 aromatic heterocycles. The molecule has 2 aliphatic rings. The van der Waals surface area contributed by atoms with Crippen molar-refractivity contribution in [2.75, 3.05) is 13.2 Å². The topological polar surface area (TPSA) is 43.4 Å². The lowest BCUT2D eigenvalue weighted by atomic mass is 10.2. The highest BCUT2D eigenvalue weighted by molar-refractivity contribution is 7.11. The maximum absolute atomic E-state index is 5.93. The largest absolute Gasteiger partial charge is 0.486 e. The van der Waals surface area contributed by atoms with Crippen LogP contribution in [0.25, 0.3) is 0 Å². The minimum Gasteiger partial charge on any atom is -0.486 e. The third kappa shape index (κ3) is 2.76. The second kappa shape index (κ2) is 5.66. The average molecular weight is 302 g/mol. The third-order valence-electron chi connectivity index (χ3n) is 3.86. The number of para-hydroxylation sites is 2. The number of aryl methyl sites for hydroxylation is 2. The zero-order chi connectivity index (χ0) is 14.1. The Morgan fingerprint density at radius 1 is 1.24 bits per heavy atom. The molecular formula is C16H18N2O2S. The minimum atomic E-state index is 0.0618. The quantitative estimate of drug-likeness (QED) is 0.942. The predicted octanol–water partition coefficient (Wildman–Crippen LogP) is 2.56. The molecule has 2 aromatic rings. The fourth-order valence-corrected chi connectivity index (χ4v) is 3.95. The smallest absolute Gasteiger partial charge is 0.161 e. The van der Waals surface area contributed by atoms with Gasteiger partial charge in [0.05, 0.1) is 5.69 Å². The first-order valence-electron chi connectivity index (χ1n) is 7.45. The van der Waals surface area contributed by atoms with Gasteiger partial charge in [-0.05, 0) is 31.4 Å². The summed E-state index contributed by atoms with van der Waals surface area (Å²) in [7, 11) is 0. The summed E-state index contributed by atoms with van der Waals surface area (Å²) in [5.41, 5.74) is 1.32. The number of benzene rings is 1. The van der Waals surface area contributed by atoms with Gasteiger partial charge in [-0.25, -0.2) is 4.98 Å². The van der Waals surface area contributed by atoms with Gasteiger partial charge < -0.3 is 14.8 Å². The monoisotopic (exact) mass is 302 g/mol. The maximum Gasteiger partial charge on any atom is 0.161 e. The van der Waals surface area contributed by atoms with Crippen molar-refractivity contribution in [2.24, 2.45) is 0 Å². The molecule has 1 atom stereocenters. The van der Waals surface area contributed by atoms with Crippen LogP contribution in [0.1, 0.15) is 22.0 Å². The zero-order valence-electron chi connectivity index (χ0n) is 11.8. The molecule has 1 aliphatic carbocycles. The van der Waals surface area contributed by atoms with Gasteiger partial charge in [0.1, 0.15) is 17.7 Å². The molecule has 2 heterocycles. The number of hydrogen-bond donors (Lipinski definition) is 1. The summed E-state index contributed by atoms with van der Waals surface area (Å²) in [5, 5.41) is 4.63. The first-order valence-corrected chi connectivity index (χ1v) is 8.27. The van der Waals surface area contributed by atoms with E-state index in [4.69, 9.17) is 14.5 Å². The SMILES string of the molecule is c1ccc2c(c1)OCC(CNCc1nc3c(s1)CCC3)O2. The van der Waals surface area contributed by atoms with Crippen molar-refractivity contribution in [3.63, 3.8) is 0 Å². The molecule has 1 aromatic carbocycles. The molecule has 0 amide bonds. The van der Waals surface area contributed by atoms with Crippen LogP contribution in [0.2, 0.25) is 0 Å². The lowest BCUT2D eigenvalue weighted by molar-refractivity contribution is 0.0902. The summed E-state index contributed by atoms with van der Waals surface area (Å²) < 4.78 is 11.6. The molecular weight excluding hydrogens is 284 g/mol. The summed E-state index contributed by atoms with van der Waals surface area (Å²) in [4.78, 5) is 6.18. The van der Waals surface area contributed by atoms with Crippen LogP contribution in [0.5, 0.6) is 11.5 Å². The molecule has 5 heteroatoms. The molecule has 1 aliphatic heterocycles. The normalized spacial score (nSPS) is 19.5. The van der Waals surface area contributed by atoms with Crippen LogP contribution in [0.3, 0.4) is 0 Å². The fraction of sp³-hybridized carbons (Fsp3) is 0.438. The molecule has 0 fully saturated rings. The van der Waals surface area contributed by atoms with E-state index in [1.807, 2.05) is 35.6 Å². The summed E-state index contributed by atoms with van der Waals surface area (Å²) in [5.74, 6) is 1.67. The number of nitrogens with zero attached hydrogens (tertiary/aromatic N) is 1. The van der Waals surface area contributed by atoms with Crippen LogP contribution in [-0.4, -0.2) is 24.2 Å². The van der Waals surface area contributed by atoms with E-state index in [9.17, 15) is 0 Å². The van der Waals surface area contributed by atoms with E-state index in [-0.39, 0.29) is 6.10 Å². The van der Waals surface area contributed by atoms with E-state index in [0.717, 1.165) is 31.0 Å². The Morgan fingerprint density at radius 2 is 2.14 bits per heavy atom. The van der Waals surface area contributed by atoms with Crippen LogP contribution in [0, 0.1) is 0 Å². The minimum absolute atomic E-state index is 0.0618. The van der Waals surface area contributed by atoms with Crippen molar-refractivity contribution in [1.82, 2.24) is 10.3 Å². The summed E-state index contributed by atoms with van der Waals surface area (Å²) in [6, 6.07) is 7.82. The lowest BCUT2D eigenvalue weighted by Crippen LogP contribution is -2.38. The average Bonchev–Trinajstić information content (AvgIpc) is 3.08. The van der Waals surface area contributed by atoms with Crippen molar-refractivity contribution < 1.29 is 9.47 Å². The maximum atomic E-state index is 5.93. The van der Waals surface area contributed by atoms with Crippen LogP contribution in [0.15, 0.2) is 24.3 Å². The van der Waals surface area contributed by atoms with Gasteiger partial charge in [0.15, 0.2) is 11.5 Å². The third-order valence-corrected chi connectivity index (χ3v) is 5.01. The van der Waals surface area contributed by atoms with E-state index in [2.05, 4.69) is 5.32 Å². The van der Waals surface area contributed by atoms with E-state index in [0.29, 0.717) is 6.61 Å². The molecule has 0 spiro atoms. The number of ether oxygens (including phenoxy) is 2. The highest BCUT2D eigenvalue weighted by Gasteiger charge is 2.21. The van der Waals surface area contributed by atoms with Crippen molar-refractivity contribution in [2.45, 2.75) is 31.9 Å². The molecule has 0 saturated carbocycles. The predicted molar refractivity (Wildman–Crippen MR) is 82.2 cm³/mol. The Hall–Kier alpha value is -1.59. The molecule has 1 unspecified atom stereocenters. The molecule has 0 radical (unpaired) electrons. The van der Waals surface area contributed by atoms with Gasteiger partial charge in [-0.15, -0.1) is 11.3 Å². The van der Waals surface area contributed by atoms with Crippen molar-refractivity contribution in [3.8, 4) is 11.5 Å². The van der Waals surface area contributed by atoms with Gasteiger partial charge in [-0.2, -0.15) is 0 Å². The van der Waals surface area contributed by atoms with E-state index in [1.54, 1.807) is 0 Å². The lowest BCUT2D eigenvalue weighted by Gasteiger charge is -2.26. The van der Waals surface area contributed by atoms with Crippen molar-refractivity contribution >= 4 is 11.3 Å². The molecule has 4 nitrogen and oxygen atoms in total. The Morgan fingerprint density at radius 3 is 3.05 bits per heavy atom. The molecule has 110 valence electrons. The first kappa shape index (κ1) is 13.1. The van der Waals surface area contributed by atoms with Gasteiger partial charge in [-0.3, -0.25) is 0 Å². The number of aromatic nitrogens is 1. The van der Waals surface area contributed by atoms with E-state index in [1.165, 1.54) is 28.4 Å². The Bertz CT molecular complexity index is 619. The summed E-state index contributed by atoms with van der Waals surface area (Å²) in [6.45, 7) is 2.19. The van der Waals surface area contributed by atoms with Crippen LogP contribution in [0.4, 0.5) is 0 Å². The molecule has 0 saturated heterocycles. The van der Waals surface area contributed by atoms with Crippen molar-refractivity contribution in [1.29, 1.82) is 0 Å². The fourth-order valence-electron chi connectivity index (χ4n) is 2.82. The first-order chi connectivity index (χ1) is 10.4. The van der Waals surface area contributed by atoms with Crippen molar-refractivity contribution in [3.05, 3.63) is 39.8 Å². The van der Waals surface area contributed by atoms with Crippen LogP contribution in [-0.2, 0) is 19.4 Å². The number of fused-ring (bicyclic) bond motifs is 2. The summed E-state index contributed by atoms with van der Waals surface area (Å²) >= 11 is 1.85. The van der Waals surface area contributed by atoms with Crippen LogP contribution >= 0.6 is 11.3 Å². The zero-order valence-corrected chi connectivity index (χ0v) is 12.6. The number of rotatable bonds is 4. The van der Waals surface area contributed by atoms with E-state index >= 15 is 0 Å². The molecule has 1 N–H and O–H groups in total. The van der Waals surface area contributed by atoms with Gasteiger partial charge in [-0.1, -0.05) is 12.1 Å². The van der Waals surface area contributed by atoms with Gasteiger partial charge in [0.25, 0.3) is 0 Å².